The lowest BCUT2D eigenvalue weighted by Crippen LogP contribution is -2.32. The molecule has 0 spiro atoms. The fourth-order valence-corrected chi connectivity index (χ4v) is 4.14. The van der Waals surface area contributed by atoms with Crippen LogP contribution in [0, 0.1) is 5.41 Å². The van der Waals surface area contributed by atoms with E-state index in [1.165, 1.54) is 25.7 Å². The Hall–Kier alpha value is -0.740. The molecule has 0 bridgehead atoms. The monoisotopic (exact) mass is 341 g/mol. The van der Waals surface area contributed by atoms with Crippen LogP contribution in [0.5, 0.6) is 11.5 Å². The fourth-order valence-electron chi connectivity index (χ4n) is 3.46. The molecule has 0 aliphatic heterocycles. The molecule has 1 fully saturated rings. The molecule has 2 N–H and O–H groups in total. The molecule has 3 nitrogen and oxygen atoms in total. The lowest BCUT2D eigenvalue weighted by atomic mass is 9.73. The summed E-state index contributed by atoms with van der Waals surface area (Å²) < 4.78 is 11.8. The van der Waals surface area contributed by atoms with Crippen molar-refractivity contribution in [3.63, 3.8) is 0 Å². The van der Waals surface area contributed by atoms with Gasteiger partial charge in [0.2, 0.25) is 0 Å². The SMILES string of the molecule is CCC1(C(N)c2ccc(OC)c(Br)c2OC)CCCC1. The van der Waals surface area contributed by atoms with Crippen molar-refractivity contribution in [2.45, 2.75) is 45.1 Å². The van der Waals surface area contributed by atoms with Crippen molar-refractivity contribution in [2.75, 3.05) is 14.2 Å². The zero-order chi connectivity index (χ0) is 14.8. The minimum atomic E-state index is 0.00663. The number of rotatable bonds is 5. The smallest absolute Gasteiger partial charge is 0.141 e. The third kappa shape index (κ3) is 2.56. The molecule has 1 aromatic rings. The Morgan fingerprint density at radius 1 is 1.25 bits per heavy atom. The van der Waals surface area contributed by atoms with Crippen LogP contribution >= 0.6 is 15.9 Å². The van der Waals surface area contributed by atoms with Crippen LogP contribution in [-0.2, 0) is 0 Å². The lowest BCUT2D eigenvalue weighted by molar-refractivity contribution is 0.217. The highest BCUT2D eigenvalue weighted by molar-refractivity contribution is 9.10. The van der Waals surface area contributed by atoms with Crippen LogP contribution in [0.1, 0.15) is 50.6 Å². The highest BCUT2D eigenvalue weighted by Crippen LogP contribution is 2.52. The summed E-state index contributed by atoms with van der Waals surface area (Å²) in [5.74, 6) is 1.58. The second-order valence-corrected chi connectivity index (χ2v) is 6.40. The van der Waals surface area contributed by atoms with E-state index in [9.17, 15) is 0 Å². The molecule has 0 aromatic heterocycles. The Balaban J connectivity index is 2.44. The van der Waals surface area contributed by atoms with Crippen molar-refractivity contribution >= 4 is 15.9 Å². The Morgan fingerprint density at radius 2 is 1.90 bits per heavy atom. The van der Waals surface area contributed by atoms with Crippen molar-refractivity contribution in [2.24, 2.45) is 11.1 Å². The van der Waals surface area contributed by atoms with Crippen molar-refractivity contribution in [1.29, 1.82) is 0 Å². The molecular formula is C16H24BrNO2. The van der Waals surface area contributed by atoms with E-state index in [-0.39, 0.29) is 11.5 Å². The van der Waals surface area contributed by atoms with Crippen molar-refractivity contribution in [3.8, 4) is 11.5 Å². The van der Waals surface area contributed by atoms with E-state index in [1.54, 1.807) is 14.2 Å². The van der Waals surface area contributed by atoms with Crippen LogP contribution in [0.3, 0.4) is 0 Å². The van der Waals surface area contributed by atoms with Gasteiger partial charge in [-0.25, -0.2) is 0 Å². The first-order valence-electron chi connectivity index (χ1n) is 7.25. The third-order valence-electron chi connectivity index (χ3n) is 4.81. The first kappa shape index (κ1) is 15.6. The molecule has 0 saturated heterocycles. The Morgan fingerprint density at radius 3 is 2.40 bits per heavy atom. The number of hydrogen-bond acceptors (Lipinski definition) is 3. The van der Waals surface area contributed by atoms with Crippen LogP contribution in [0.2, 0.25) is 0 Å². The molecule has 4 heteroatoms. The van der Waals surface area contributed by atoms with Gasteiger partial charge in [-0.2, -0.15) is 0 Å². The predicted molar refractivity (Wildman–Crippen MR) is 85.4 cm³/mol. The molecule has 0 heterocycles. The van der Waals surface area contributed by atoms with E-state index >= 15 is 0 Å². The summed E-state index contributed by atoms with van der Waals surface area (Å²) in [6.07, 6.45) is 6.08. The van der Waals surface area contributed by atoms with E-state index in [0.717, 1.165) is 28.0 Å². The topological polar surface area (TPSA) is 44.5 Å². The van der Waals surface area contributed by atoms with Crippen LogP contribution in [0.15, 0.2) is 16.6 Å². The Labute approximate surface area is 130 Å². The minimum Gasteiger partial charge on any atom is -0.495 e. The maximum absolute atomic E-state index is 6.64. The highest BCUT2D eigenvalue weighted by Gasteiger charge is 2.40. The quantitative estimate of drug-likeness (QED) is 0.861. The molecule has 1 atom stereocenters. The minimum absolute atomic E-state index is 0.00663. The molecule has 20 heavy (non-hydrogen) atoms. The van der Waals surface area contributed by atoms with Gasteiger partial charge in [-0.05, 0) is 52.7 Å². The number of ether oxygens (including phenoxy) is 2. The van der Waals surface area contributed by atoms with Crippen molar-refractivity contribution in [1.82, 2.24) is 0 Å². The summed E-state index contributed by atoms with van der Waals surface area (Å²) >= 11 is 3.56. The molecule has 112 valence electrons. The third-order valence-corrected chi connectivity index (χ3v) is 5.57. The van der Waals surface area contributed by atoms with Crippen molar-refractivity contribution in [3.05, 3.63) is 22.2 Å². The van der Waals surface area contributed by atoms with Crippen LogP contribution < -0.4 is 15.2 Å². The van der Waals surface area contributed by atoms with E-state index < -0.39 is 0 Å². The maximum Gasteiger partial charge on any atom is 0.141 e. The van der Waals surface area contributed by atoms with Gasteiger partial charge in [0.25, 0.3) is 0 Å². The number of methoxy groups -OCH3 is 2. The Kier molecular flexibility index (Phi) is 4.97. The van der Waals surface area contributed by atoms with Gasteiger partial charge in [-0.15, -0.1) is 0 Å². The van der Waals surface area contributed by atoms with Crippen molar-refractivity contribution < 1.29 is 9.47 Å². The second kappa shape index (κ2) is 6.35. The molecule has 0 radical (unpaired) electrons. The lowest BCUT2D eigenvalue weighted by Gasteiger charge is -2.35. The molecular weight excluding hydrogens is 318 g/mol. The van der Waals surface area contributed by atoms with Crippen LogP contribution in [0.4, 0.5) is 0 Å². The van der Waals surface area contributed by atoms with E-state index in [2.05, 4.69) is 22.9 Å². The summed E-state index contributed by atoms with van der Waals surface area (Å²) in [5, 5.41) is 0. The summed E-state index contributed by atoms with van der Waals surface area (Å²) in [6.45, 7) is 2.25. The number of hydrogen-bond donors (Lipinski definition) is 1. The van der Waals surface area contributed by atoms with Gasteiger partial charge in [0.15, 0.2) is 0 Å². The van der Waals surface area contributed by atoms with E-state index in [1.807, 2.05) is 12.1 Å². The Bertz CT molecular complexity index is 470. The summed E-state index contributed by atoms with van der Waals surface area (Å²) in [7, 11) is 3.34. The predicted octanol–water partition coefficient (Wildman–Crippen LogP) is 4.44. The van der Waals surface area contributed by atoms with Gasteiger partial charge >= 0.3 is 0 Å². The standard InChI is InChI=1S/C16H24BrNO2/c1-4-16(9-5-6-10-16)15(18)11-7-8-12(19-2)13(17)14(11)20-3/h7-8,15H,4-6,9-10,18H2,1-3H3. The van der Waals surface area contributed by atoms with Gasteiger partial charge in [-0.1, -0.05) is 19.8 Å². The summed E-state index contributed by atoms with van der Waals surface area (Å²) in [6, 6.07) is 4.01. The first-order chi connectivity index (χ1) is 9.59. The molecule has 1 unspecified atom stereocenters. The molecule has 1 saturated carbocycles. The number of nitrogens with two attached hydrogens (primary N) is 1. The fraction of sp³-hybridized carbons (Fsp3) is 0.625. The van der Waals surface area contributed by atoms with Gasteiger partial charge in [0.05, 0.1) is 14.2 Å². The molecule has 1 aliphatic carbocycles. The summed E-state index contributed by atoms with van der Waals surface area (Å²) in [4.78, 5) is 0. The van der Waals surface area contributed by atoms with E-state index in [0.29, 0.717) is 0 Å². The van der Waals surface area contributed by atoms with Gasteiger partial charge in [0, 0.05) is 11.6 Å². The van der Waals surface area contributed by atoms with Gasteiger partial charge in [-0.3, -0.25) is 0 Å². The van der Waals surface area contributed by atoms with Gasteiger partial charge < -0.3 is 15.2 Å². The molecule has 2 rings (SSSR count). The number of halogens is 1. The second-order valence-electron chi connectivity index (χ2n) is 5.60. The zero-order valence-corrected chi connectivity index (χ0v) is 14.1. The highest BCUT2D eigenvalue weighted by atomic mass is 79.9. The molecule has 1 aromatic carbocycles. The first-order valence-corrected chi connectivity index (χ1v) is 8.05. The molecule has 0 amide bonds. The average molecular weight is 342 g/mol. The van der Waals surface area contributed by atoms with Gasteiger partial charge in [0.1, 0.15) is 16.0 Å². The van der Waals surface area contributed by atoms with Crippen LogP contribution in [0.25, 0.3) is 0 Å². The van der Waals surface area contributed by atoms with Crippen LogP contribution in [-0.4, -0.2) is 14.2 Å². The summed E-state index contributed by atoms with van der Waals surface area (Å²) in [5.41, 5.74) is 7.92. The maximum atomic E-state index is 6.64. The number of benzene rings is 1. The normalized spacial score (nSPS) is 18.9. The zero-order valence-electron chi connectivity index (χ0n) is 12.5. The van der Waals surface area contributed by atoms with E-state index in [4.69, 9.17) is 15.2 Å². The largest absolute Gasteiger partial charge is 0.495 e. The average Bonchev–Trinajstić information content (AvgIpc) is 2.96. The molecule has 1 aliphatic rings.